The van der Waals surface area contributed by atoms with Crippen LogP contribution in [0.4, 0.5) is 4.39 Å². The molecule has 1 amide bonds. The summed E-state index contributed by atoms with van der Waals surface area (Å²) in [5.74, 6) is -2.38. The number of primary amides is 1. The summed E-state index contributed by atoms with van der Waals surface area (Å²) in [5.41, 5.74) is 5.10. The summed E-state index contributed by atoms with van der Waals surface area (Å²) in [4.78, 5) is 11.0. The smallest absolute Gasteiger partial charge is 0.290 e. The Morgan fingerprint density at radius 1 is 1.40 bits per heavy atom. The van der Waals surface area contributed by atoms with Gasteiger partial charge in [-0.2, -0.15) is 0 Å². The van der Waals surface area contributed by atoms with Crippen molar-refractivity contribution in [3.8, 4) is 5.75 Å². The zero-order chi connectivity index (χ0) is 11.5. The van der Waals surface area contributed by atoms with E-state index in [0.717, 1.165) is 0 Å². The molecule has 0 saturated heterocycles. The Labute approximate surface area is 86.8 Å². The van der Waals surface area contributed by atoms with Gasteiger partial charge in [-0.05, 0) is 24.3 Å². The second-order valence-corrected chi connectivity index (χ2v) is 3.07. The molecule has 1 unspecified atom stereocenters. The molecule has 0 spiro atoms. The fraction of sp³-hybridized carbons (Fsp3) is 0.300. The number of carbonyl (C=O) groups excluding carboxylic acids is 1. The lowest BCUT2D eigenvalue weighted by Gasteiger charge is -2.25. The minimum absolute atomic E-state index is 0.305. The van der Waals surface area contributed by atoms with E-state index in [1.165, 1.54) is 38.3 Å². The number of hydrogen-bond acceptors (Lipinski definition) is 3. The van der Waals surface area contributed by atoms with E-state index in [0.29, 0.717) is 5.75 Å². The van der Waals surface area contributed by atoms with Crippen LogP contribution < -0.4 is 10.5 Å². The summed E-state index contributed by atoms with van der Waals surface area (Å²) in [6.07, 6.45) is 0. The van der Waals surface area contributed by atoms with Crippen molar-refractivity contribution >= 4 is 5.91 Å². The minimum atomic E-state index is -1.54. The summed E-state index contributed by atoms with van der Waals surface area (Å²) in [7, 11) is 1.30. The number of hydrogen-bond donors (Lipinski definition) is 1. The number of nitrogens with two attached hydrogens (primary N) is 1. The molecule has 0 aliphatic heterocycles. The quantitative estimate of drug-likeness (QED) is 0.760. The van der Waals surface area contributed by atoms with Crippen LogP contribution in [-0.2, 0) is 9.53 Å². The van der Waals surface area contributed by atoms with Gasteiger partial charge in [0.05, 0.1) is 0 Å². The monoisotopic (exact) mass is 213 g/mol. The Kier molecular flexibility index (Phi) is 3.26. The third-order valence-electron chi connectivity index (χ3n) is 1.96. The van der Waals surface area contributed by atoms with Gasteiger partial charge >= 0.3 is 0 Å². The second kappa shape index (κ2) is 4.27. The Morgan fingerprint density at radius 3 is 2.33 bits per heavy atom. The molecule has 0 bridgehead atoms. The van der Waals surface area contributed by atoms with E-state index >= 15 is 0 Å². The van der Waals surface area contributed by atoms with Crippen LogP contribution in [0.15, 0.2) is 24.3 Å². The molecule has 1 aromatic carbocycles. The standard InChI is InChI=1S/C10H12FNO3/c1-10(14-2,9(12)13)15-8-5-3-7(11)4-6-8/h3-6H,1-2H3,(H2,12,13). The van der Waals surface area contributed by atoms with Gasteiger partial charge in [0.2, 0.25) is 0 Å². The average Bonchev–Trinajstić information content (AvgIpc) is 2.21. The van der Waals surface area contributed by atoms with Crippen LogP contribution in [0.1, 0.15) is 6.92 Å². The highest BCUT2D eigenvalue weighted by molar-refractivity contribution is 5.81. The molecule has 0 aromatic heterocycles. The van der Waals surface area contributed by atoms with Gasteiger partial charge in [-0.3, -0.25) is 4.79 Å². The van der Waals surface area contributed by atoms with Gasteiger partial charge in [0.25, 0.3) is 11.7 Å². The van der Waals surface area contributed by atoms with E-state index in [1.54, 1.807) is 0 Å². The number of carbonyl (C=O) groups is 1. The summed E-state index contributed by atoms with van der Waals surface area (Å²) in [5, 5.41) is 0. The molecule has 0 fully saturated rings. The lowest BCUT2D eigenvalue weighted by atomic mass is 10.3. The molecule has 1 rings (SSSR count). The van der Waals surface area contributed by atoms with Crippen molar-refractivity contribution in [2.45, 2.75) is 12.7 Å². The van der Waals surface area contributed by atoms with Crippen LogP contribution in [0.5, 0.6) is 5.75 Å². The summed E-state index contributed by atoms with van der Waals surface area (Å²) < 4.78 is 22.6. The van der Waals surface area contributed by atoms with Crippen molar-refractivity contribution < 1.29 is 18.7 Å². The highest BCUT2D eigenvalue weighted by Gasteiger charge is 2.33. The van der Waals surface area contributed by atoms with Gasteiger partial charge in [-0.1, -0.05) is 0 Å². The molecule has 2 N–H and O–H groups in total. The predicted molar refractivity (Wildman–Crippen MR) is 51.6 cm³/mol. The Balaban J connectivity index is 2.84. The molecule has 5 heteroatoms. The Hall–Kier alpha value is -1.62. The maximum absolute atomic E-state index is 12.6. The van der Waals surface area contributed by atoms with Crippen LogP contribution in [0.25, 0.3) is 0 Å². The molecule has 0 saturated carbocycles. The maximum Gasteiger partial charge on any atom is 0.290 e. The number of rotatable bonds is 4. The third kappa shape index (κ3) is 2.66. The maximum atomic E-state index is 12.6. The summed E-state index contributed by atoms with van der Waals surface area (Å²) >= 11 is 0. The lowest BCUT2D eigenvalue weighted by molar-refractivity contribution is -0.175. The molecule has 1 atom stereocenters. The first kappa shape index (κ1) is 11.5. The SMILES string of the molecule is COC(C)(Oc1ccc(F)cc1)C(N)=O. The van der Waals surface area contributed by atoms with E-state index < -0.39 is 11.7 Å². The van der Waals surface area contributed by atoms with Crippen molar-refractivity contribution in [1.29, 1.82) is 0 Å². The fourth-order valence-electron chi connectivity index (χ4n) is 0.920. The number of ether oxygens (including phenoxy) is 2. The number of methoxy groups -OCH3 is 1. The first-order chi connectivity index (χ1) is 6.98. The molecule has 0 heterocycles. The van der Waals surface area contributed by atoms with Gasteiger partial charge in [0.15, 0.2) is 0 Å². The first-order valence-electron chi connectivity index (χ1n) is 4.27. The molecule has 1 aromatic rings. The van der Waals surface area contributed by atoms with Crippen LogP contribution in [0, 0.1) is 5.82 Å². The van der Waals surface area contributed by atoms with E-state index in [2.05, 4.69) is 0 Å². The topological polar surface area (TPSA) is 61.6 Å². The van der Waals surface area contributed by atoms with E-state index in [1.807, 2.05) is 0 Å². The van der Waals surface area contributed by atoms with Gasteiger partial charge in [0.1, 0.15) is 11.6 Å². The largest absolute Gasteiger partial charge is 0.453 e. The molecule has 0 aliphatic carbocycles. The highest BCUT2D eigenvalue weighted by Crippen LogP contribution is 2.19. The minimum Gasteiger partial charge on any atom is -0.453 e. The molecule has 4 nitrogen and oxygen atoms in total. The zero-order valence-electron chi connectivity index (χ0n) is 8.49. The average molecular weight is 213 g/mol. The van der Waals surface area contributed by atoms with Crippen molar-refractivity contribution in [1.82, 2.24) is 0 Å². The Bertz CT molecular complexity index is 352. The number of benzene rings is 1. The molecular formula is C10H12FNO3. The molecule has 0 radical (unpaired) electrons. The van der Waals surface area contributed by atoms with Crippen LogP contribution >= 0.6 is 0 Å². The molecule has 0 aliphatic rings. The van der Waals surface area contributed by atoms with Crippen molar-refractivity contribution in [2.24, 2.45) is 5.73 Å². The van der Waals surface area contributed by atoms with E-state index in [9.17, 15) is 9.18 Å². The van der Waals surface area contributed by atoms with Gasteiger partial charge in [0, 0.05) is 14.0 Å². The number of halogens is 1. The normalized spacial score (nSPS) is 14.3. The zero-order valence-corrected chi connectivity index (χ0v) is 8.49. The number of amides is 1. The van der Waals surface area contributed by atoms with Crippen LogP contribution in [0.3, 0.4) is 0 Å². The lowest BCUT2D eigenvalue weighted by Crippen LogP contribution is -2.47. The fourth-order valence-corrected chi connectivity index (χ4v) is 0.920. The first-order valence-corrected chi connectivity index (χ1v) is 4.27. The van der Waals surface area contributed by atoms with Crippen LogP contribution in [0.2, 0.25) is 0 Å². The highest BCUT2D eigenvalue weighted by atomic mass is 19.1. The van der Waals surface area contributed by atoms with Gasteiger partial charge < -0.3 is 15.2 Å². The molecule has 15 heavy (non-hydrogen) atoms. The predicted octanol–water partition coefficient (Wildman–Crippen LogP) is 1.05. The van der Waals surface area contributed by atoms with E-state index in [4.69, 9.17) is 15.2 Å². The van der Waals surface area contributed by atoms with E-state index in [-0.39, 0.29) is 5.82 Å². The summed E-state index contributed by atoms with van der Waals surface area (Å²) in [6.45, 7) is 1.39. The van der Waals surface area contributed by atoms with Gasteiger partial charge in [-0.25, -0.2) is 4.39 Å². The van der Waals surface area contributed by atoms with Crippen LogP contribution in [-0.4, -0.2) is 18.8 Å². The summed E-state index contributed by atoms with van der Waals surface area (Å²) in [6, 6.07) is 5.20. The third-order valence-corrected chi connectivity index (χ3v) is 1.96. The van der Waals surface area contributed by atoms with Crippen molar-refractivity contribution in [3.63, 3.8) is 0 Å². The van der Waals surface area contributed by atoms with Gasteiger partial charge in [-0.15, -0.1) is 0 Å². The Morgan fingerprint density at radius 2 is 1.93 bits per heavy atom. The molecule has 82 valence electrons. The second-order valence-electron chi connectivity index (χ2n) is 3.07. The van der Waals surface area contributed by atoms with Crippen molar-refractivity contribution in [2.75, 3.05) is 7.11 Å². The molecular weight excluding hydrogens is 201 g/mol. The van der Waals surface area contributed by atoms with Crippen molar-refractivity contribution in [3.05, 3.63) is 30.1 Å².